The normalized spacial score (nSPS) is 46.6. The van der Waals surface area contributed by atoms with Crippen molar-refractivity contribution in [2.24, 2.45) is 63.6 Å². The van der Waals surface area contributed by atoms with Gasteiger partial charge in [0.1, 0.15) is 46.3 Å². The van der Waals surface area contributed by atoms with E-state index in [1.54, 1.807) is 41.1 Å². The Kier molecular flexibility index (Phi) is 9.08. The molecule has 4 saturated carbocycles. The first kappa shape index (κ1) is 44.3. The van der Waals surface area contributed by atoms with Crippen LogP contribution in [0, 0.1) is 63.6 Å². The van der Waals surface area contributed by atoms with Gasteiger partial charge < -0.3 is 55.5 Å². The summed E-state index contributed by atoms with van der Waals surface area (Å²) in [4.78, 5) is 44.6. The molecule has 9 aliphatic carbocycles. The average Bonchev–Trinajstić information content (AvgIpc) is 3.84. The highest BCUT2D eigenvalue weighted by atomic mass is 33.1. The fraction of sp³-hybridized carbons (Fsp3) is 0.554. The largest absolute Gasteiger partial charge is 0.511 e. The van der Waals surface area contributed by atoms with E-state index in [-0.39, 0.29) is 82.2 Å². The van der Waals surface area contributed by atoms with Crippen molar-refractivity contribution in [1.29, 1.82) is 0 Å². The SMILES string of the molecule is O=C[C@H]1CCC[C@@]12C[C@@H]1C[C@H]3C[C@@H]4[C@@H]5CC[C@@]67Oc8cccc9c8C(=O)[C@]8(CSS[C@H]%10CC%11=C[C@H]2[C@]1(C1=C3CNC(=C%111)N%10)[C@@H]4[C@](O)([C@H](O)[C@@]5(CO)O6)[C@H]7O)C(O)=CC(Cc1cccc(CO)c1)=C[C@@H]8C9=O. The fourth-order valence-corrected chi connectivity index (χ4v) is 21.8. The number of benzene rings is 2. The maximum atomic E-state index is 15.9. The van der Waals surface area contributed by atoms with Gasteiger partial charge >= 0.3 is 0 Å². The second kappa shape index (κ2) is 14.6. The van der Waals surface area contributed by atoms with E-state index in [9.17, 15) is 35.4 Å². The molecule has 2 aromatic rings. The number of rotatable bonds is 5. The number of carbonyl (C=O) groups is 3. The minimum atomic E-state index is -2.32. The van der Waals surface area contributed by atoms with E-state index in [0.717, 1.165) is 60.2 Å². The maximum Gasteiger partial charge on any atom is 0.240 e. The van der Waals surface area contributed by atoms with Crippen molar-refractivity contribution in [2.75, 3.05) is 18.9 Å². The molecule has 8 N–H and O–H groups in total. The van der Waals surface area contributed by atoms with Crippen LogP contribution in [0.3, 0.4) is 0 Å². The predicted molar refractivity (Wildman–Crippen MR) is 261 cm³/mol. The third kappa shape index (κ3) is 5.07. The Balaban J connectivity index is 0.961. The molecule has 370 valence electrons. The highest BCUT2D eigenvalue weighted by Crippen LogP contribution is 2.83. The van der Waals surface area contributed by atoms with Gasteiger partial charge in [-0.25, -0.2) is 0 Å². The van der Waals surface area contributed by atoms with Crippen molar-refractivity contribution in [1.82, 2.24) is 10.6 Å². The van der Waals surface area contributed by atoms with Crippen LogP contribution in [-0.2, 0) is 22.6 Å². The van der Waals surface area contributed by atoms with E-state index in [2.05, 4.69) is 16.7 Å². The average molecular weight is 999 g/mol. The number of aliphatic hydroxyl groups excluding tert-OH is 5. The molecule has 13 nitrogen and oxygen atoms in total. The monoisotopic (exact) mass is 998 g/mol. The minimum absolute atomic E-state index is 0.0203. The predicted octanol–water partition coefficient (Wildman–Crippen LogP) is 5.53. The van der Waals surface area contributed by atoms with Gasteiger partial charge in [-0.2, -0.15) is 0 Å². The number of hydrogen-bond donors (Lipinski definition) is 8. The Morgan fingerprint density at radius 2 is 1.83 bits per heavy atom. The molecular formula is C56H58N2O11S2. The summed E-state index contributed by atoms with van der Waals surface area (Å²) in [7, 11) is 3.00. The highest BCUT2D eigenvalue weighted by Gasteiger charge is 2.86. The number of carbonyl (C=O) groups excluding carboxylic acids is 3. The number of ketones is 2. The van der Waals surface area contributed by atoms with Gasteiger partial charge in [-0.3, -0.25) is 9.59 Å². The van der Waals surface area contributed by atoms with Gasteiger partial charge in [0.2, 0.25) is 5.79 Å². The Hall–Kier alpha value is -4.19. The first-order valence-electron chi connectivity index (χ1n) is 25.9. The third-order valence-electron chi connectivity index (χ3n) is 21.2. The first-order chi connectivity index (χ1) is 34.3. The summed E-state index contributed by atoms with van der Waals surface area (Å²) in [6.07, 6.45) is 9.68. The molecular weight excluding hydrogens is 941 g/mol. The lowest BCUT2D eigenvalue weighted by Crippen LogP contribution is -2.88. The molecule has 0 radical (unpaired) electrons. The van der Waals surface area contributed by atoms with Gasteiger partial charge in [0.25, 0.3) is 0 Å². The highest BCUT2D eigenvalue weighted by molar-refractivity contribution is 8.76. The summed E-state index contributed by atoms with van der Waals surface area (Å²) in [5, 5.41) is 82.9. The lowest BCUT2D eigenvalue weighted by Gasteiger charge is -2.73. The number of Topliss-reactive ketones (excluding diaryl/α,β-unsaturated/α-hetero) is 2. The summed E-state index contributed by atoms with van der Waals surface area (Å²) in [6, 6.07) is 12.3. The molecule has 2 aromatic carbocycles. The number of hydrogen-bond acceptors (Lipinski definition) is 15. The molecule has 13 bridgehead atoms. The Morgan fingerprint density at radius 1 is 0.986 bits per heavy atom. The van der Waals surface area contributed by atoms with Gasteiger partial charge in [-0.15, -0.1) is 0 Å². The van der Waals surface area contributed by atoms with E-state index in [1.165, 1.54) is 28.2 Å². The molecule has 0 amide bonds. The van der Waals surface area contributed by atoms with Crippen LogP contribution >= 0.6 is 21.6 Å². The quantitative estimate of drug-likeness (QED) is 0.137. The van der Waals surface area contributed by atoms with Crippen molar-refractivity contribution >= 4 is 39.4 Å². The fourth-order valence-electron chi connectivity index (χ4n) is 18.9. The van der Waals surface area contributed by atoms with Crippen LogP contribution in [0.25, 0.3) is 0 Å². The molecule has 7 heterocycles. The first-order valence-corrected chi connectivity index (χ1v) is 28.3. The Bertz CT molecular complexity index is 2990. The van der Waals surface area contributed by atoms with Crippen molar-refractivity contribution in [3.8, 4) is 5.75 Å². The number of allylic oxidation sites excluding steroid dienone is 7. The Labute approximate surface area is 418 Å². The molecule has 71 heavy (non-hydrogen) atoms. The second-order valence-electron chi connectivity index (χ2n) is 23.6. The minimum Gasteiger partial charge on any atom is -0.511 e. The summed E-state index contributed by atoms with van der Waals surface area (Å²) < 4.78 is 14.1. The van der Waals surface area contributed by atoms with Crippen LogP contribution < -0.4 is 15.4 Å². The zero-order valence-electron chi connectivity index (χ0n) is 39.1. The summed E-state index contributed by atoms with van der Waals surface area (Å²) >= 11 is 0. The molecule has 0 unspecified atom stereocenters. The standard InChI is InChI=1S/C56H58N2O11S2/c59-22-27-5-1-4-26(12-27)13-28-14-37-45(63)33-7-2-8-38-43(33)47(64)52(37,40(62)15-28)25-70-71-41-19-30-18-39-51(10-3-6-31(51)23-60)20-32-16-29-17-34-36-9-11-54(68-38)50(66)56(67,49(65)53(36,24-61)69-54)46(34)55(32,39)44-35(29)21-57-48(58-41)42(30)44/h1-2,4-5,7-8,12,14-15,18,23,29,31-32,34,36-37,39,41,46,49-50,57-59,61-62,65-67H,3,6,9-11,13,16-17,19-22,24-25H2/t29-,31+,32-,34+,36-,37+,39+,41-,46+,49+,50-,51+,52-,53-,54+,55+,56-/m0/s1. The molecule has 6 fully saturated rings. The smallest absolute Gasteiger partial charge is 0.240 e. The number of dihydropyridines is 1. The number of nitrogens with one attached hydrogen (secondary N) is 2. The molecule has 17 atom stereocenters. The van der Waals surface area contributed by atoms with Crippen molar-refractivity contribution in [3.05, 3.63) is 122 Å². The molecule has 18 rings (SSSR count). The zero-order chi connectivity index (χ0) is 48.4. The van der Waals surface area contributed by atoms with E-state index in [1.807, 2.05) is 24.3 Å². The molecule has 16 aliphatic rings. The van der Waals surface area contributed by atoms with Crippen LogP contribution in [-0.4, -0.2) is 102 Å². The summed E-state index contributed by atoms with van der Waals surface area (Å²) in [6.45, 7) is -0.223. The zero-order valence-corrected chi connectivity index (χ0v) is 40.8. The van der Waals surface area contributed by atoms with Crippen LogP contribution in [0.4, 0.5) is 0 Å². The topological polar surface area (TPSA) is 215 Å². The Morgan fingerprint density at radius 3 is 2.66 bits per heavy atom. The van der Waals surface area contributed by atoms with E-state index in [0.29, 0.717) is 37.8 Å². The molecule has 7 aliphatic heterocycles. The molecule has 0 aromatic heterocycles. The van der Waals surface area contributed by atoms with Crippen molar-refractivity contribution < 1.29 is 54.5 Å². The van der Waals surface area contributed by atoms with E-state index < -0.39 is 75.6 Å². The summed E-state index contributed by atoms with van der Waals surface area (Å²) in [5.74, 6) is -5.22. The van der Waals surface area contributed by atoms with Gasteiger partial charge in [-0.05, 0) is 126 Å². The lowest BCUT2D eigenvalue weighted by molar-refractivity contribution is -0.462. The van der Waals surface area contributed by atoms with Gasteiger partial charge in [0, 0.05) is 53.5 Å². The van der Waals surface area contributed by atoms with Crippen LogP contribution in [0.5, 0.6) is 5.75 Å². The van der Waals surface area contributed by atoms with Crippen molar-refractivity contribution in [2.45, 2.75) is 105 Å². The lowest BCUT2D eigenvalue weighted by atomic mass is 9.39. The summed E-state index contributed by atoms with van der Waals surface area (Å²) in [5.41, 5.74) is 0.0297. The number of aliphatic hydroxyl groups is 6. The van der Waals surface area contributed by atoms with Crippen LogP contribution in [0.2, 0.25) is 0 Å². The number of ether oxygens (including phenoxy) is 2. The molecule has 2 saturated heterocycles. The van der Waals surface area contributed by atoms with Gasteiger partial charge in [-0.1, -0.05) is 76.6 Å². The number of aldehydes is 1. The third-order valence-corrected chi connectivity index (χ3v) is 23.9. The van der Waals surface area contributed by atoms with Crippen LogP contribution in [0.1, 0.15) is 89.6 Å². The van der Waals surface area contributed by atoms with E-state index in [4.69, 9.17) is 9.47 Å². The van der Waals surface area contributed by atoms with Gasteiger partial charge in [0.05, 0.1) is 30.1 Å². The van der Waals surface area contributed by atoms with E-state index >= 15 is 9.59 Å². The maximum absolute atomic E-state index is 15.9. The van der Waals surface area contributed by atoms with Crippen molar-refractivity contribution in [3.63, 3.8) is 0 Å². The molecule has 4 spiro atoms. The molecule has 15 heteroatoms. The second-order valence-corrected chi connectivity index (χ2v) is 26.2. The van der Waals surface area contributed by atoms with Gasteiger partial charge in [0.15, 0.2) is 17.7 Å². The van der Waals surface area contributed by atoms with Crippen LogP contribution in [0.15, 0.2) is 100 Å².